The number of nitrogens with zero attached hydrogens (tertiary/aromatic N) is 3. The highest BCUT2D eigenvalue weighted by Crippen LogP contribution is 2.22. The summed E-state index contributed by atoms with van der Waals surface area (Å²) >= 11 is 0. The van der Waals surface area contributed by atoms with Gasteiger partial charge in [-0.2, -0.15) is 0 Å². The van der Waals surface area contributed by atoms with E-state index < -0.39 is 0 Å². The van der Waals surface area contributed by atoms with Gasteiger partial charge in [0.1, 0.15) is 31.0 Å². The summed E-state index contributed by atoms with van der Waals surface area (Å²) < 4.78 is 13.5. The number of hydrogen-bond donors (Lipinski definition) is 1. The van der Waals surface area contributed by atoms with Gasteiger partial charge in [0.2, 0.25) is 0 Å². The molecule has 0 radical (unpaired) electrons. The van der Waals surface area contributed by atoms with Gasteiger partial charge in [-0.05, 0) is 73.2 Å². The molecule has 0 aliphatic rings. The van der Waals surface area contributed by atoms with Crippen LogP contribution in [0.15, 0.2) is 97.6 Å². The van der Waals surface area contributed by atoms with Crippen molar-refractivity contribution in [2.75, 3.05) is 13.2 Å². The minimum absolute atomic E-state index is 0.150. The summed E-state index contributed by atoms with van der Waals surface area (Å²) in [5, 5.41) is 2.92. The summed E-state index contributed by atoms with van der Waals surface area (Å²) in [7, 11) is 0. The van der Waals surface area contributed by atoms with E-state index in [2.05, 4.69) is 15.3 Å². The topological polar surface area (TPSA) is 78.3 Å². The monoisotopic (exact) mass is 478 g/mol. The lowest BCUT2D eigenvalue weighted by molar-refractivity contribution is 0.0951. The van der Waals surface area contributed by atoms with Crippen molar-refractivity contribution in [3.8, 4) is 17.2 Å². The zero-order valence-corrected chi connectivity index (χ0v) is 19.9. The Kier molecular flexibility index (Phi) is 6.89. The molecule has 7 nitrogen and oxygen atoms in total. The summed E-state index contributed by atoms with van der Waals surface area (Å²) in [4.78, 5) is 21.2. The number of imidazole rings is 1. The van der Waals surface area contributed by atoms with E-state index in [0.717, 1.165) is 33.8 Å². The van der Waals surface area contributed by atoms with Crippen molar-refractivity contribution in [2.45, 2.75) is 13.5 Å². The van der Waals surface area contributed by atoms with Gasteiger partial charge in [0, 0.05) is 30.2 Å². The van der Waals surface area contributed by atoms with Crippen LogP contribution in [0.4, 0.5) is 0 Å². The molecular weight excluding hydrogens is 452 g/mol. The maximum atomic E-state index is 12.6. The van der Waals surface area contributed by atoms with Crippen molar-refractivity contribution in [3.63, 3.8) is 0 Å². The van der Waals surface area contributed by atoms with E-state index in [4.69, 9.17) is 9.47 Å². The molecule has 1 N–H and O–H groups in total. The number of carbonyl (C=O) groups excluding carboxylic acids is 1. The fraction of sp³-hybridized carbons (Fsp3) is 0.138. The van der Waals surface area contributed by atoms with E-state index in [0.29, 0.717) is 25.3 Å². The minimum atomic E-state index is -0.150. The van der Waals surface area contributed by atoms with Crippen LogP contribution in [0.3, 0.4) is 0 Å². The molecule has 0 spiro atoms. The molecule has 0 unspecified atom stereocenters. The van der Waals surface area contributed by atoms with E-state index in [9.17, 15) is 4.79 Å². The zero-order valence-electron chi connectivity index (χ0n) is 19.9. The molecule has 0 saturated carbocycles. The molecule has 0 aliphatic heterocycles. The van der Waals surface area contributed by atoms with Crippen LogP contribution in [0, 0.1) is 6.92 Å². The van der Waals surface area contributed by atoms with Gasteiger partial charge in [0.25, 0.3) is 5.91 Å². The second-order valence-corrected chi connectivity index (χ2v) is 8.37. The lowest BCUT2D eigenvalue weighted by atomic mass is 10.1. The minimum Gasteiger partial charge on any atom is -0.490 e. The first-order valence-electron chi connectivity index (χ1n) is 11.7. The highest BCUT2D eigenvalue weighted by molar-refractivity contribution is 5.97. The predicted molar refractivity (Wildman–Crippen MR) is 139 cm³/mol. The molecular formula is C29H26N4O3. The van der Waals surface area contributed by atoms with E-state index in [1.807, 2.05) is 84.3 Å². The number of carbonyl (C=O) groups is 1. The highest BCUT2D eigenvalue weighted by Gasteiger charge is 2.10. The van der Waals surface area contributed by atoms with Crippen molar-refractivity contribution in [2.24, 2.45) is 0 Å². The molecule has 180 valence electrons. The van der Waals surface area contributed by atoms with E-state index >= 15 is 0 Å². The molecule has 36 heavy (non-hydrogen) atoms. The van der Waals surface area contributed by atoms with Crippen LogP contribution in [0.25, 0.3) is 16.7 Å². The Morgan fingerprint density at radius 3 is 2.33 bits per heavy atom. The SMILES string of the molecule is Cc1ccc(OCCOc2ccc(-n3cnc4cc(C(=O)NCc5cccnc5)ccc43)cc2)cc1. The molecule has 0 bridgehead atoms. The maximum Gasteiger partial charge on any atom is 0.251 e. The van der Waals surface area contributed by atoms with Gasteiger partial charge in [-0.25, -0.2) is 4.98 Å². The molecule has 0 fully saturated rings. The van der Waals surface area contributed by atoms with Gasteiger partial charge in [0.15, 0.2) is 0 Å². The highest BCUT2D eigenvalue weighted by atomic mass is 16.5. The third-order valence-corrected chi connectivity index (χ3v) is 5.74. The fourth-order valence-corrected chi connectivity index (χ4v) is 3.80. The van der Waals surface area contributed by atoms with Crippen molar-refractivity contribution < 1.29 is 14.3 Å². The third kappa shape index (κ3) is 5.52. The van der Waals surface area contributed by atoms with E-state index in [1.54, 1.807) is 24.8 Å². The number of aromatic nitrogens is 3. The van der Waals surface area contributed by atoms with Crippen LogP contribution in [-0.2, 0) is 6.54 Å². The number of ether oxygens (including phenoxy) is 2. The molecule has 5 rings (SSSR count). The Morgan fingerprint density at radius 1 is 0.917 bits per heavy atom. The lowest BCUT2D eigenvalue weighted by Gasteiger charge is -2.10. The van der Waals surface area contributed by atoms with Crippen molar-refractivity contribution >= 4 is 16.9 Å². The molecule has 3 aromatic carbocycles. The standard InChI is InChI=1S/C29H26N4O3/c1-21-4-9-25(10-5-21)35-15-16-36-26-11-7-24(8-12-26)33-20-32-27-17-23(6-13-28(27)33)29(34)31-19-22-3-2-14-30-18-22/h2-14,17-18,20H,15-16,19H2,1H3,(H,31,34). The number of hydrogen-bond acceptors (Lipinski definition) is 5. The second-order valence-electron chi connectivity index (χ2n) is 8.37. The molecule has 7 heteroatoms. The van der Waals surface area contributed by atoms with Crippen LogP contribution in [0.1, 0.15) is 21.5 Å². The normalized spacial score (nSPS) is 10.8. The number of fused-ring (bicyclic) bond motifs is 1. The van der Waals surface area contributed by atoms with E-state index in [-0.39, 0.29) is 5.91 Å². The van der Waals surface area contributed by atoms with Gasteiger partial charge in [0.05, 0.1) is 11.0 Å². The summed E-state index contributed by atoms with van der Waals surface area (Å²) in [6, 6.07) is 25.1. The first-order chi connectivity index (χ1) is 17.7. The van der Waals surface area contributed by atoms with Crippen LogP contribution >= 0.6 is 0 Å². The maximum absolute atomic E-state index is 12.6. The number of nitrogens with one attached hydrogen (secondary N) is 1. The summed E-state index contributed by atoms with van der Waals surface area (Å²) in [5.41, 5.74) is 5.33. The Hall–Kier alpha value is -4.65. The zero-order chi connectivity index (χ0) is 24.7. The lowest BCUT2D eigenvalue weighted by Crippen LogP contribution is -2.22. The number of rotatable bonds is 9. The summed E-state index contributed by atoms with van der Waals surface area (Å²) in [5.74, 6) is 1.45. The van der Waals surface area contributed by atoms with Crippen molar-refractivity contribution in [3.05, 3.63) is 114 Å². The third-order valence-electron chi connectivity index (χ3n) is 5.74. The largest absolute Gasteiger partial charge is 0.490 e. The fourth-order valence-electron chi connectivity index (χ4n) is 3.80. The van der Waals surface area contributed by atoms with Crippen LogP contribution in [0.2, 0.25) is 0 Å². The van der Waals surface area contributed by atoms with Gasteiger partial charge in [-0.15, -0.1) is 0 Å². The Labute approximate surface area is 209 Å². The number of aryl methyl sites for hydroxylation is 1. The summed E-state index contributed by atoms with van der Waals surface area (Å²) in [6.45, 7) is 3.39. The van der Waals surface area contributed by atoms with Crippen LogP contribution < -0.4 is 14.8 Å². The average Bonchev–Trinajstić information content (AvgIpc) is 3.35. The molecule has 0 aliphatic carbocycles. The second kappa shape index (κ2) is 10.7. The molecule has 0 saturated heterocycles. The number of benzene rings is 3. The summed E-state index contributed by atoms with van der Waals surface area (Å²) in [6.07, 6.45) is 5.20. The molecule has 5 aromatic rings. The Morgan fingerprint density at radius 2 is 1.64 bits per heavy atom. The van der Waals surface area contributed by atoms with Crippen LogP contribution in [-0.4, -0.2) is 33.7 Å². The molecule has 0 atom stereocenters. The first kappa shape index (κ1) is 23.1. The Balaban J connectivity index is 1.18. The molecule has 2 heterocycles. The predicted octanol–water partition coefficient (Wildman–Crippen LogP) is 5.12. The molecule has 1 amide bonds. The van der Waals surface area contributed by atoms with Crippen molar-refractivity contribution in [1.29, 1.82) is 0 Å². The van der Waals surface area contributed by atoms with Gasteiger partial charge >= 0.3 is 0 Å². The number of amides is 1. The molecule has 2 aromatic heterocycles. The van der Waals surface area contributed by atoms with Gasteiger partial charge in [-0.3, -0.25) is 14.3 Å². The average molecular weight is 479 g/mol. The smallest absolute Gasteiger partial charge is 0.251 e. The van der Waals surface area contributed by atoms with Crippen LogP contribution in [0.5, 0.6) is 11.5 Å². The van der Waals surface area contributed by atoms with Gasteiger partial charge < -0.3 is 14.8 Å². The quantitative estimate of drug-likeness (QED) is 0.298. The Bertz CT molecular complexity index is 1450. The van der Waals surface area contributed by atoms with Gasteiger partial charge in [-0.1, -0.05) is 23.8 Å². The first-order valence-corrected chi connectivity index (χ1v) is 11.7. The van der Waals surface area contributed by atoms with Crippen molar-refractivity contribution in [1.82, 2.24) is 19.9 Å². The van der Waals surface area contributed by atoms with E-state index in [1.165, 1.54) is 5.56 Å². The number of pyridine rings is 1.